The van der Waals surface area contributed by atoms with Crippen LogP contribution >= 0.6 is 11.6 Å². The number of halogens is 6. The number of rotatable bonds is 3. The van der Waals surface area contributed by atoms with Gasteiger partial charge in [-0.05, 0) is 18.9 Å². The summed E-state index contributed by atoms with van der Waals surface area (Å²) in [6, 6.07) is -0.907. The maximum absolute atomic E-state index is 14.1. The Morgan fingerprint density at radius 2 is 2.03 bits per heavy atom. The molecule has 0 spiro atoms. The zero-order valence-corrected chi connectivity index (χ0v) is 16.7. The molecule has 0 radical (unpaired) electrons. The van der Waals surface area contributed by atoms with Crippen molar-refractivity contribution in [1.29, 1.82) is 0 Å². The van der Waals surface area contributed by atoms with E-state index in [0.29, 0.717) is 4.57 Å². The van der Waals surface area contributed by atoms with E-state index in [1.165, 1.54) is 0 Å². The van der Waals surface area contributed by atoms with Crippen molar-refractivity contribution < 1.29 is 26.7 Å². The second-order valence-corrected chi connectivity index (χ2v) is 8.05. The highest BCUT2D eigenvalue weighted by Crippen LogP contribution is 2.42. The number of alkyl halides is 4. The Balaban J connectivity index is 1.74. The Morgan fingerprint density at radius 1 is 1.29 bits per heavy atom. The number of carbonyl (C=O) groups excluding carboxylic acids is 1. The number of fused-ring (bicyclic) bond motifs is 1. The van der Waals surface area contributed by atoms with Crippen LogP contribution in [0.5, 0.6) is 0 Å². The molecule has 3 atom stereocenters. The maximum atomic E-state index is 14.1. The topological polar surface area (TPSA) is 73.0 Å². The molecular weight excluding hydrogens is 449 g/mol. The number of carbonyl (C=O) groups is 1. The molecule has 0 aromatic carbocycles. The molecule has 4 rings (SSSR count). The van der Waals surface area contributed by atoms with Crippen molar-refractivity contribution in [2.75, 3.05) is 13.1 Å². The third-order valence-corrected chi connectivity index (χ3v) is 5.79. The van der Waals surface area contributed by atoms with Gasteiger partial charge in [0.2, 0.25) is 5.91 Å². The summed E-state index contributed by atoms with van der Waals surface area (Å²) in [5.74, 6) is -3.92. The molecule has 1 fully saturated rings. The van der Waals surface area contributed by atoms with Crippen LogP contribution in [-0.2, 0) is 17.8 Å². The van der Waals surface area contributed by atoms with E-state index in [1.807, 2.05) is 0 Å². The minimum atomic E-state index is -4.75. The van der Waals surface area contributed by atoms with Gasteiger partial charge in [-0.15, -0.1) is 0 Å². The predicted octanol–water partition coefficient (Wildman–Crippen LogP) is 2.52. The normalized spacial score (nSPS) is 23.8. The van der Waals surface area contributed by atoms with Crippen LogP contribution in [-0.4, -0.2) is 55.6 Å². The lowest BCUT2D eigenvalue weighted by atomic mass is 9.89. The van der Waals surface area contributed by atoms with Gasteiger partial charge in [-0.1, -0.05) is 11.6 Å². The summed E-state index contributed by atoms with van der Waals surface area (Å²) in [6.07, 6.45) is -5.53. The smallest absolute Gasteiger partial charge is 0.338 e. The Labute approximate surface area is 177 Å². The van der Waals surface area contributed by atoms with Gasteiger partial charge in [0.05, 0.1) is 29.7 Å². The summed E-state index contributed by atoms with van der Waals surface area (Å²) in [7, 11) is 0. The Morgan fingerprint density at radius 3 is 2.65 bits per heavy atom. The number of aryl methyl sites for hydroxylation is 1. The molecule has 2 aliphatic rings. The van der Waals surface area contributed by atoms with E-state index in [-0.39, 0.29) is 42.5 Å². The zero-order chi connectivity index (χ0) is 22.5. The van der Waals surface area contributed by atoms with E-state index in [4.69, 9.17) is 11.6 Å². The van der Waals surface area contributed by atoms with E-state index in [1.54, 1.807) is 0 Å². The Hall–Kier alpha value is -2.50. The first-order chi connectivity index (χ1) is 14.6. The van der Waals surface area contributed by atoms with Crippen LogP contribution in [0, 0.1) is 11.7 Å². The standard InChI is InChI=1S/C18H17ClF5N5O2/c19-9-5-12(21)13(25-6-9)8-28-17(31)29-14(26-28)2-1-11(18(22,23)24)15(29)16(30)27-4-3-10(20)7-27/h5-6,10-11,15H,1-4,7-8H2/t10-,11+,15+/m0/s1. The molecule has 168 valence electrons. The van der Waals surface area contributed by atoms with Crippen LogP contribution < -0.4 is 5.69 Å². The van der Waals surface area contributed by atoms with Crippen molar-refractivity contribution in [2.24, 2.45) is 5.92 Å². The highest BCUT2D eigenvalue weighted by molar-refractivity contribution is 6.30. The fourth-order valence-electron chi connectivity index (χ4n) is 4.07. The monoisotopic (exact) mass is 465 g/mol. The van der Waals surface area contributed by atoms with Crippen molar-refractivity contribution in [1.82, 2.24) is 24.2 Å². The largest absolute Gasteiger partial charge is 0.394 e. The molecule has 31 heavy (non-hydrogen) atoms. The zero-order valence-electron chi connectivity index (χ0n) is 15.9. The van der Waals surface area contributed by atoms with Gasteiger partial charge in [-0.25, -0.2) is 18.3 Å². The van der Waals surface area contributed by atoms with Gasteiger partial charge in [0.15, 0.2) is 0 Å². The molecule has 0 aliphatic carbocycles. The molecule has 0 saturated carbocycles. The van der Waals surface area contributed by atoms with Crippen molar-refractivity contribution in [2.45, 2.75) is 44.2 Å². The number of amides is 1. The number of hydrogen-bond acceptors (Lipinski definition) is 4. The molecule has 2 aromatic heterocycles. The van der Waals surface area contributed by atoms with Gasteiger partial charge in [0.1, 0.15) is 23.9 Å². The van der Waals surface area contributed by atoms with E-state index >= 15 is 0 Å². The molecule has 1 saturated heterocycles. The second kappa shape index (κ2) is 7.88. The van der Waals surface area contributed by atoms with E-state index < -0.39 is 54.7 Å². The van der Waals surface area contributed by atoms with Crippen molar-refractivity contribution in [3.63, 3.8) is 0 Å². The Kier molecular flexibility index (Phi) is 5.52. The van der Waals surface area contributed by atoms with Crippen molar-refractivity contribution in [3.05, 3.63) is 45.1 Å². The molecule has 1 amide bonds. The van der Waals surface area contributed by atoms with Gasteiger partial charge in [-0.2, -0.15) is 18.3 Å². The van der Waals surface area contributed by atoms with Gasteiger partial charge < -0.3 is 4.90 Å². The SMILES string of the molecule is O=C([C@H]1[C@H](C(F)(F)F)CCc2nn(Cc3ncc(Cl)cc3F)c(=O)n21)N1CC[C@H](F)C1. The Bertz CT molecular complexity index is 1070. The van der Waals surface area contributed by atoms with Crippen molar-refractivity contribution >= 4 is 17.5 Å². The third kappa shape index (κ3) is 4.04. The summed E-state index contributed by atoms with van der Waals surface area (Å²) in [6.45, 7) is -0.799. The molecule has 7 nitrogen and oxygen atoms in total. The lowest BCUT2D eigenvalue weighted by molar-refractivity contribution is -0.196. The number of pyridine rings is 1. The van der Waals surface area contributed by atoms with E-state index in [2.05, 4.69) is 10.1 Å². The molecular formula is C18H17ClF5N5O2. The third-order valence-electron chi connectivity index (χ3n) is 5.58. The number of nitrogens with zero attached hydrogens (tertiary/aromatic N) is 5. The molecule has 4 heterocycles. The van der Waals surface area contributed by atoms with Gasteiger partial charge in [-0.3, -0.25) is 14.3 Å². The highest BCUT2D eigenvalue weighted by Gasteiger charge is 2.53. The molecule has 0 unspecified atom stereocenters. The average molecular weight is 466 g/mol. The van der Waals surface area contributed by atoms with Crippen LogP contribution in [0.1, 0.15) is 30.4 Å². The summed E-state index contributed by atoms with van der Waals surface area (Å²) in [5.41, 5.74) is -1.17. The van der Waals surface area contributed by atoms with Gasteiger partial charge in [0.25, 0.3) is 0 Å². The summed E-state index contributed by atoms with van der Waals surface area (Å²) in [5, 5.41) is 4.05. The van der Waals surface area contributed by atoms with E-state index in [9.17, 15) is 31.5 Å². The first kappa shape index (κ1) is 21.7. The van der Waals surface area contributed by atoms with Crippen LogP contribution in [0.4, 0.5) is 22.0 Å². The number of aromatic nitrogens is 4. The highest BCUT2D eigenvalue weighted by atomic mass is 35.5. The fraction of sp³-hybridized carbons (Fsp3) is 0.556. The van der Waals surface area contributed by atoms with E-state index in [0.717, 1.165) is 21.8 Å². The summed E-state index contributed by atoms with van der Waals surface area (Å²) >= 11 is 5.65. The molecule has 2 aliphatic heterocycles. The first-order valence-corrected chi connectivity index (χ1v) is 9.91. The first-order valence-electron chi connectivity index (χ1n) is 9.54. The fourth-order valence-corrected chi connectivity index (χ4v) is 4.22. The minimum Gasteiger partial charge on any atom is -0.338 e. The lowest BCUT2D eigenvalue weighted by Crippen LogP contribution is -2.49. The van der Waals surface area contributed by atoms with Crippen LogP contribution in [0.3, 0.4) is 0 Å². The molecule has 13 heteroatoms. The van der Waals surface area contributed by atoms with Crippen LogP contribution in [0.2, 0.25) is 5.02 Å². The van der Waals surface area contributed by atoms with Gasteiger partial charge in [0, 0.05) is 19.2 Å². The van der Waals surface area contributed by atoms with Crippen LogP contribution in [0.25, 0.3) is 0 Å². The maximum Gasteiger partial charge on any atom is 0.394 e. The van der Waals surface area contributed by atoms with Crippen molar-refractivity contribution in [3.8, 4) is 0 Å². The number of hydrogen-bond donors (Lipinski definition) is 0. The predicted molar refractivity (Wildman–Crippen MR) is 97.8 cm³/mol. The quantitative estimate of drug-likeness (QED) is 0.653. The average Bonchev–Trinajstić information content (AvgIpc) is 3.26. The second-order valence-electron chi connectivity index (χ2n) is 7.61. The summed E-state index contributed by atoms with van der Waals surface area (Å²) < 4.78 is 70.3. The molecule has 2 aromatic rings. The molecule has 0 bridgehead atoms. The van der Waals surface area contributed by atoms with Gasteiger partial charge >= 0.3 is 11.9 Å². The van der Waals surface area contributed by atoms with Crippen LogP contribution in [0.15, 0.2) is 17.1 Å². The minimum absolute atomic E-state index is 0.0192. The number of likely N-dealkylation sites (tertiary alicyclic amines) is 1. The molecule has 0 N–H and O–H groups in total. The summed E-state index contributed by atoms with van der Waals surface area (Å²) in [4.78, 5) is 30.7. The lowest BCUT2D eigenvalue weighted by Gasteiger charge is -2.34.